The fourth-order valence-electron chi connectivity index (χ4n) is 2.61. The molecule has 0 aromatic carbocycles. The van der Waals surface area contributed by atoms with E-state index in [2.05, 4.69) is 16.9 Å². The summed E-state index contributed by atoms with van der Waals surface area (Å²) >= 11 is 0. The lowest BCUT2D eigenvalue weighted by molar-refractivity contribution is 0.540. The van der Waals surface area contributed by atoms with Gasteiger partial charge in [-0.05, 0) is 50.3 Å². The summed E-state index contributed by atoms with van der Waals surface area (Å²) < 4.78 is 11.1. The molecule has 2 aromatic heterocycles. The second kappa shape index (κ2) is 6.30. The van der Waals surface area contributed by atoms with Crippen molar-refractivity contribution < 1.29 is 4.21 Å². The number of H-pyrrole nitrogens is 1. The first-order chi connectivity index (χ1) is 10.2. The largest absolute Gasteiger partial charge is 0.320 e. The van der Waals surface area contributed by atoms with Crippen LogP contribution in [-0.2, 0) is 17.4 Å². The first-order valence-corrected chi connectivity index (χ1v) is 8.64. The van der Waals surface area contributed by atoms with E-state index in [1.165, 1.54) is 0 Å². The zero-order valence-electron chi connectivity index (χ0n) is 13.5. The molecule has 1 unspecified atom stereocenters. The van der Waals surface area contributed by atoms with Gasteiger partial charge in [0.05, 0.1) is 26.8 Å². The highest BCUT2D eigenvalue weighted by Crippen LogP contribution is 2.29. The number of rotatable bonds is 5. The van der Waals surface area contributed by atoms with Crippen LogP contribution in [-0.4, -0.2) is 18.9 Å². The SMILES string of the molecule is CCc1cc2ncc([C@@H](C)CC(C)(C)S(N)=O)cc2[nH]c1=O. The number of aromatic amines is 1. The van der Waals surface area contributed by atoms with Gasteiger partial charge in [0.25, 0.3) is 5.56 Å². The second-order valence-electron chi connectivity index (χ2n) is 6.34. The van der Waals surface area contributed by atoms with Gasteiger partial charge in [-0.15, -0.1) is 0 Å². The molecule has 22 heavy (non-hydrogen) atoms. The Morgan fingerprint density at radius 1 is 1.41 bits per heavy atom. The van der Waals surface area contributed by atoms with Crippen LogP contribution in [0.25, 0.3) is 11.0 Å². The Bertz CT molecular complexity index is 768. The van der Waals surface area contributed by atoms with Crippen LogP contribution in [0, 0.1) is 0 Å². The van der Waals surface area contributed by atoms with E-state index in [0.29, 0.717) is 12.8 Å². The molecule has 0 spiro atoms. The molecule has 0 radical (unpaired) electrons. The molecule has 0 bridgehead atoms. The van der Waals surface area contributed by atoms with Gasteiger partial charge < -0.3 is 4.98 Å². The van der Waals surface area contributed by atoms with Gasteiger partial charge in [0.1, 0.15) is 0 Å². The lowest BCUT2D eigenvalue weighted by Gasteiger charge is -2.25. The number of nitrogens with zero attached hydrogens (tertiary/aromatic N) is 1. The van der Waals surface area contributed by atoms with E-state index in [0.717, 1.165) is 22.2 Å². The molecule has 2 atom stereocenters. The third-order valence-corrected chi connectivity index (χ3v) is 5.34. The molecule has 2 heterocycles. The van der Waals surface area contributed by atoms with Crippen molar-refractivity contribution in [3.63, 3.8) is 0 Å². The number of pyridine rings is 2. The molecule has 0 aliphatic rings. The highest BCUT2D eigenvalue weighted by Gasteiger charge is 2.26. The molecular weight excluding hydrogens is 298 g/mol. The maximum atomic E-state index is 11.9. The summed E-state index contributed by atoms with van der Waals surface area (Å²) in [5, 5.41) is 5.55. The fraction of sp³-hybridized carbons (Fsp3) is 0.500. The fourth-order valence-corrected chi connectivity index (χ4v) is 3.02. The molecule has 5 nitrogen and oxygen atoms in total. The van der Waals surface area contributed by atoms with E-state index in [9.17, 15) is 9.00 Å². The molecule has 0 fully saturated rings. The molecule has 2 aromatic rings. The monoisotopic (exact) mass is 321 g/mol. The molecule has 0 amide bonds. The van der Waals surface area contributed by atoms with Crippen LogP contribution in [0.3, 0.4) is 0 Å². The lowest BCUT2D eigenvalue weighted by atomic mass is 9.92. The molecule has 0 aliphatic heterocycles. The smallest absolute Gasteiger partial charge is 0.251 e. The Kier molecular flexibility index (Phi) is 4.82. The number of aromatic nitrogens is 2. The first kappa shape index (κ1) is 16.8. The maximum absolute atomic E-state index is 11.9. The Morgan fingerprint density at radius 3 is 2.68 bits per heavy atom. The highest BCUT2D eigenvalue weighted by atomic mass is 32.2. The summed E-state index contributed by atoms with van der Waals surface area (Å²) in [4.78, 5) is 19.3. The molecule has 2 rings (SSSR count). The molecule has 3 N–H and O–H groups in total. The number of nitrogens with one attached hydrogen (secondary N) is 1. The molecular formula is C16H23N3O2S. The molecule has 0 aliphatic carbocycles. The van der Waals surface area contributed by atoms with Crippen LogP contribution in [0.4, 0.5) is 0 Å². The van der Waals surface area contributed by atoms with Gasteiger partial charge >= 0.3 is 0 Å². The van der Waals surface area contributed by atoms with E-state index in [4.69, 9.17) is 5.14 Å². The van der Waals surface area contributed by atoms with Gasteiger partial charge in [0.2, 0.25) is 0 Å². The van der Waals surface area contributed by atoms with Gasteiger partial charge in [-0.2, -0.15) is 0 Å². The van der Waals surface area contributed by atoms with Crippen LogP contribution >= 0.6 is 0 Å². The minimum Gasteiger partial charge on any atom is -0.320 e. The third kappa shape index (κ3) is 3.44. The summed E-state index contributed by atoms with van der Waals surface area (Å²) in [5.41, 5.74) is 3.20. The Morgan fingerprint density at radius 2 is 2.09 bits per heavy atom. The highest BCUT2D eigenvalue weighted by molar-refractivity contribution is 7.84. The van der Waals surface area contributed by atoms with Crippen molar-refractivity contribution in [3.05, 3.63) is 39.8 Å². The normalized spacial score (nSPS) is 15.0. The molecule has 0 saturated heterocycles. The Hall–Kier alpha value is -1.53. The number of hydrogen-bond acceptors (Lipinski definition) is 3. The lowest BCUT2D eigenvalue weighted by Crippen LogP contribution is -2.33. The van der Waals surface area contributed by atoms with E-state index >= 15 is 0 Å². The van der Waals surface area contributed by atoms with Gasteiger partial charge in [-0.1, -0.05) is 13.8 Å². The van der Waals surface area contributed by atoms with E-state index in [1.807, 2.05) is 39.1 Å². The second-order valence-corrected chi connectivity index (χ2v) is 8.04. The predicted octanol–water partition coefficient (Wildman–Crippen LogP) is 2.38. The van der Waals surface area contributed by atoms with Crippen LogP contribution in [0.2, 0.25) is 0 Å². The summed E-state index contributed by atoms with van der Waals surface area (Å²) in [6, 6.07) is 3.78. The molecule has 6 heteroatoms. The maximum Gasteiger partial charge on any atom is 0.251 e. The topological polar surface area (TPSA) is 88.8 Å². The van der Waals surface area contributed by atoms with Crippen LogP contribution in [0.15, 0.2) is 23.1 Å². The Labute approximate surface area is 132 Å². The minimum absolute atomic E-state index is 0.0648. The first-order valence-electron chi connectivity index (χ1n) is 7.42. The van der Waals surface area contributed by atoms with E-state index in [-0.39, 0.29) is 11.5 Å². The third-order valence-electron chi connectivity index (χ3n) is 4.08. The van der Waals surface area contributed by atoms with Crippen molar-refractivity contribution in [1.29, 1.82) is 0 Å². The minimum atomic E-state index is -1.38. The molecule has 0 saturated carbocycles. The number of hydrogen-bond donors (Lipinski definition) is 2. The number of nitrogens with two attached hydrogens (primary N) is 1. The quantitative estimate of drug-likeness (QED) is 0.886. The summed E-state index contributed by atoms with van der Waals surface area (Å²) in [6.45, 7) is 7.78. The van der Waals surface area contributed by atoms with Gasteiger partial charge in [-0.3, -0.25) is 14.9 Å². The van der Waals surface area contributed by atoms with Crippen molar-refractivity contribution in [2.75, 3.05) is 0 Å². The van der Waals surface area contributed by atoms with Crippen molar-refractivity contribution in [3.8, 4) is 0 Å². The van der Waals surface area contributed by atoms with E-state index < -0.39 is 15.7 Å². The van der Waals surface area contributed by atoms with Crippen molar-refractivity contribution in [2.24, 2.45) is 5.14 Å². The molecule has 120 valence electrons. The summed E-state index contributed by atoms with van der Waals surface area (Å²) in [6.07, 6.45) is 3.18. The van der Waals surface area contributed by atoms with Crippen molar-refractivity contribution in [2.45, 2.75) is 51.2 Å². The predicted molar refractivity (Wildman–Crippen MR) is 91.2 cm³/mol. The van der Waals surface area contributed by atoms with Crippen LogP contribution in [0.5, 0.6) is 0 Å². The zero-order chi connectivity index (χ0) is 16.5. The zero-order valence-corrected chi connectivity index (χ0v) is 14.3. The standard InChI is InChI=1S/C16H23N3O2S/c1-5-11-6-13-14(19-15(11)20)7-12(9-18-13)10(2)8-16(3,4)22(17)21/h6-7,9-10H,5,8,17H2,1-4H3,(H,19,20)/t10-,22?/m0/s1. The van der Waals surface area contributed by atoms with Crippen molar-refractivity contribution in [1.82, 2.24) is 9.97 Å². The van der Waals surface area contributed by atoms with Gasteiger partial charge in [0.15, 0.2) is 0 Å². The average Bonchev–Trinajstić information content (AvgIpc) is 2.45. The van der Waals surface area contributed by atoms with E-state index in [1.54, 1.807) is 0 Å². The average molecular weight is 321 g/mol. The van der Waals surface area contributed by atoms with Gasteiger partial charge in [0, 0.05) is 11.8 Å². The summed E-state index contributed by atoms with van der Waals surface area (Å²) in [7, 11) is -1.38. The Balaban J connectivity index is 2.37. The number of aryl methyl sites for hydroxylation is 1. The van der Waals surface area contributed by atoms with Crippen molar-refractivity contribution >= 4 is 22.0 Å². The van der Waals surface area contributed by atoms with Crippen LogP contribution < -0.4 is 10.7 Å². The van der Waals surface area contributed by atoms with Gasteiger partial charge in [-0.25, -0.2) is 4.21 Å². The van der Waals surface area contributed by atoms with Crippen LogP contribution in [0.1, 0.15) is 51.2 Å². The summed E-state index contributed by atoms with van der Waals surface area (Å²) in [5.74, 6) is 0.147. The number of fused-ring (bicyclic) bond motifs is 1.